The van der Waals surface area contributed by atoms with Crippen LogP contribution in [0.15, 0.2) is 12.1 Å². The van der Waals surface area contributed by atoms with Gasteiger partial charge < -0.3 is 10.5 Å². The van der Waals surface area contributed by atoms with Crippen LogP contribution in [0, 0.1) is 0 Å². The van der Waals surface area contributed by atoms with Gasteiger partial charge in [0.15, 0.2) is 11.5 Å². The Kier molecular flexibility index (Phi) is 2.78. The van der Waals surface area contributed by atoms with Crippen molar-refractivity contribution in [2.75, 3.05) is 12.8 Å². The van der Waals surface area contributed by atoms with Crippen LogP contribution >= 0.6 is 11.6 Å². The molecule has 0 unspecified atom stereocenters. The standard InChI is InChI=1S/C9H10ClNO2/c1-5(12)7-3-6(10)4-8(11)9(7)13-2/h3-4H,11H2,1-2H3. The highest BCUT2D eigenvalue weighted by molar-refractivity contribution is 6.31. The summed E-state index contributed by atoms with van der Waals surface area (Å²) in [6, 6.07) is 3.09. The van der Waals surface area contributed by atoms with Gasteiger partial charge in [-0.05, 0) is 19.1 Å². The second kappa shape index (κ2) is 3.66. The van der Waals surface area contributed by atoms with Gasteiger partial charge in [-0.3, -0.25) is 4.79 Å². The molecule has 0 amide bonds. The molecule has 0 saturated heterocycles. The van der Waals surface area contributed by atoms with Gasteiger partial charge in [0, 0.05) is 5.02 Å². The molecule has 0 heterocycles. The highest BCUT2D eigenvalue weighted by Crippen LogP contribution is 2.30. The maximum absolute atomic E-state index is 11.1. The van der Waals surface area contributed by atoms with E-state index in [2.05, 4.69) is 0 Å². The minimum absolute atomic E-state index is 0.119. The first-order chi connectivity index (χ1) is 6.06. The van der Waals surface area contributed by atoms with E-state index >= 15 is 0 Å². The number of benzene rings is 1. The molecule has 0 aliphatic heterocycles. The van der Waals surface area contributed by atoms with Crippen LogP contribution < -0.4 is 10.5 Å². The van der Waals surface area contributed by atoms with Gasteiger partial charge in [-0.15, -0.1) is 0 Å². The lowest BCUT2D eigenvalue weighted by atomic mass is 10.1. The Labute approximate surface area is 81.4 Å². The molecule has 0 radical (unpaired) electrons. The summed E-state index contributed by atoms with van der Waals surface area (Å²) in [6.07, 6.45) is 0. The number of hydrogen-bond acceptors (Lipinski definition) is 3. The van der Waals surface area contributed by atoms with E-state index in [0.29, 0.717) is 22.0 Å². The number of ketones is 1. The second-order valence-electron chi connectivity index (χ2n) is 2.63. The zero-order valence-electron chi connectivity index (χ0n) is 7.43. The van der Waals surface area contributed by atoms with E-state index in [9.17, 15) is 4.79 Å². The number of halogens is 1. The van der Waals surface area contributed by atoms with E-state index in [4.69, 9.17) is 22.1 Å². The van der Waals surface area contributed by atoms with Crippen molar-refractivity contribution in [2.45, 2.75) is 6.92 Å². The fourth-order valence-electron chi connectivity index (χ4n) is 1.10. The van der Waals surface area contributed by atoms with Crippen LogP contribution in [0.5, 0.6) is 5.75 Å². The van der Waals surface area contributed by atoms with Crippen molar-refractivity contribution in [2.24, 2.45) is 0 Å². The first-order valence-electron chi connectivity index (χ1n) is 3.70. The van der Waals surface area contributed by atoms with Gasteiger partial charge in [0.05, 0.1) is 18.4 Å². The third-order valence-electron chi connectivity index (χ3n) is 1.67. The van der Waals surface area contributed by atoms with Crippen LogP contribution in [-0.2, 0) is 0 Å². The summed E-state index contributed by atoms with van der Waals surface area (Å²) in [7, 11) is 1.46. The van der Waals surface area contributed by atoms with E-state index in [1.54, 1.807) is 12.1 Å². The number of rotatable bonds is 2. The SMILES string of the molecule is COc1c(N)cc(Cl)cc1C(C)=O. The quantitative estimate of drug-likeness (QED) is 0.587. The Morgan fingerprint density at radius 2 is 2.15 bits per heavy atom. The minimum Gasteiger partial charge on any atom is -0.494 e. The molecule has 3 nitrogen and oxygen atoms in total. The topological polar surface area (TPSA) is 52.3 Å². The number of hydrogen-bond donors (Lipinski definition) is 1. The Balaban J connectivity index is 3.38. The Hall–Kier alpha value is -1.22. The predicted molar refractivity (Wildman–Crippen MR) is 52.4 cm³/mol. The summed E-state index contributed by atoms with van der Waals surface area (Å²) in [5, 5.41) is 0.434. The van der Waals surface area contributed by atoms with Gasteiger partial charge in [0.1, 0.15) is 0 Å². The Morgan fingerprint density at radius 3 is 2.62 bits per heavy atom. The van der Waals surface area contributed by atoms with Crippen LogP contribution in [0.2, 0.25) is 5.02 Å². The van der Waals surface area contributed by atoms with Crippen molar-refractivity contribution < 1.29 is 9.53 Å². The molecule has 0 aliphatic rings. The number of nitrogens with two attached hydrogens (primary N) is 1. The van der Waals surface area contributed by atoms with Crippen LogP contribution in [0.1, 0.15) is 17.3 Å². The second-order valence-corrected chi connectivity index (χ2v) is 3.07. The third kappa shape index (κ3) is 1.92. The lowest BCUT2D eigenvalue weighted by Crippen LogP contribution is -2.01. The minimum atomic E-state index is -0.119. The average Bonchev–Trinajstić information content (AvgIpc) is 2.02. The van der Waals surface area contributed by atoms with E-state index in [1.807, 2.05) is 0 Å². The molecule has 0 atom stereocenters. The van der Waals surface area contributed by atoms with Gasteiger partial charge in [0.25, 0.3) is 0 Å². The van der Waals surface area contributed by atoms with Gasteiger partial charge in [0.2, 0.25) is 0 Å². The first kappa shape index (κ1) is 9.86. The molecule has 0 aromatic heterocycles. The molecule has 2 N–H and O–H groups in total. The summed E-state index contributed by atoms with van der Waals surface area (Å²) >= 11 is 5.74. The number of carbonyl (C=O) groups is 1. The smallest absolute Gasteiger partial charge is 0.163 e. The number of carbonyl (C=O) groups excluding carboxylic acids is 1. The number of anilines is 1. The fourth-order valence-corrected chi connectivity index (χ4v) is 1.33. The van der Waals surface area contributed by atoms with Gasteiger partial charge in [-0.2, -0.15) is 0 Å². The maximum atomic E-state index is 11.1. The van der Waals surface area contributed by atoms with E-state index in [0.717, 1.165) is 0 Å². The predicted octanol–water partition coefficient (Wildman–Crippen LogP) is 2.13. The van der Waals surface area contributed by atoms with Crippen molar-refractivity contribution in [1.29, 1.82) is 0 Å². The monoisotopic (exact) mass is 199 g/mol. The molecule has 0 spiro atoms. The molecule has 13 heavy (non-hydrogen) atoms. The number of ether oxygens (including phenoxy) is 1. The summed E-state index contributed by atoms with van der Waals surface area (Å²) in [4.78, 5) is 11.1. The largest absolute Gasteiger partial charge is 0.494 e. The number of Topliss-reactive ketones (excluding diaryl/α,β-unsaturated/α-hetero) is 1. The van der Waals surface area contributed by atoms with Crippen LogP contribution in [0.25, 0.3) is 0 Å². The third-order valence-corrected chi connectivity index (χ3v) is 1.88. The fraction of sp³-hybridized carbons (Fsp3) is 0.222. The summed E-state index contributed by atoms with van der Waals surface area (Å²) in [5.74, 6) is 0.267. The van der Waals surface area contributed by atoms with E-state index in [1.165, 1.54) is 14.0 Å². The maximum Gasteiger partial charge on any atom is 0.163 e. The molecule has 0 aliphatic carbocycles. The normalized spacial score (nSPS) is 9.77. The van der Waals surface area contributed by atoms with Crippen molar-refractivity contribution in [3.05, 3.63) is 22.7 Å². The van der Waals surface area contributed by atoms with Crippen LogP contribution in [-0.4, -0.2) is 12.9 Å². The Morgan fingerprint density at radius 1 is 1.54 bits per heavy atom. The Bertz CT molecular complexity index is 350. The zero-order chi connectivity index (χ0) is 10.0. The molecular weight excluding hydrogens is 190 g/mol. The van der Waals surface area contributed by atoms with Gasteiger partial charge in [-0.25, -0.2) is 0 Å². The zero-order valence-corrected chi connectivity index (χ0v) is 8.18. The van der Waals surface area contributed by atoms with E-state index in [-0.39, 0.29) is 5.78 Å². The van der Waals surface area contributed by atoms with Crippen LogP contribution in [0.3, 0.4) is 0 Å². The van der Waals surface area contributed by atoms with E-state index < -0.39 is 0 Å². The lowest BCUT2D eigenvalue weighted by molar-refractivity contribution is 0.101. The molecule has 0 saturated carbocycles. The highest BCUT2D eigenvalue weighted by Gasteiger charge is 2.12. The molecule has 1 aromatic rings. The highest BCUT2D eigenvalue weighted by atomic mass is 35.5. The van der Waals surface area contributed by atoms with Crippen molar-refractivity contribution in [3.63, 3.8) is 0 Å². The number of nitrogen functional groups attached to an aromatic ring is 1. The van der Waals surface area contributed by atoms with Crippen LogP contribution in [0.4, 0.5) is 5.69 Å². The van der Waals surface area contributed by atoms with Crippen molar-refractivity contribution >= 4 is 23.1 Å². The molecule has 1 aromatic carbocycles. The molecule has 4 heteroatoms. The van der Waals surface area contributed by atoms with Crippen molar-refractivity contribution in [1.82, 2.24) is 0 Å². The van der Waals surface area contributed by atoms with Gasteiger partial charge in [-0.1, -0.05) is 11.6 Å². The molecule has 0 bridgehead atoms. The summed E-state index contributed by atoms with van der Waals surface area (Å²) in [6.45, 7) is 1.44. The average molecular weight is 200 g/mol. The van der Waals surface area contributed by atoms with Crippen molar-refractivity contribution in [3.8, 4) is 5.75 Å². The van der Waals surface area contributed by atoms with Gasteiger partial charge >= 0.3 is 0 Å². The molecule has 1 rings (SSSR count). The first-order valence-corrected chi connectivity index (χ1v) is 4.08. The molecular formula is C9H10ClNO2. The molecule has 70 valence electrons. The summed E-state index contributed by atoms with van der Waals surface area (Å²) in [5.41, 5.74) is 6.39. The molecule has 0 fully saturated rings. The summed E-state index contributed by atoms with van der Waals surface area (Å²) < 4.78 is 4.99. The number of methoxy groups -OCH3 is 1. The lowest BCUT2D eigenvalue weighted by Gasteiger charge is -2.08.